The summed E-state index contributed by atoms with van der Waals surface area (Å²) in [6, 6.07) is 9.48. The van der Waals surface area contributed by atoms with Crippen molar-refractivity contribution in [3.05, 3.63) is 47.5 Å². The van der Waals surface area contributed by atoms with Crippen molar-refractivity contribution >= 4 is 21.7 Å². The smallest absolute Gasteiger partial charge is 0.336 e. The third-order valence-electron chi connectivity index (χ3n) is 3.57. The normalized spacial score (nSPS) is 10.8. The van der Waals surface area contributed by atoms with Crippen molar-refractivity contribution in [1.82, 2.24) is 0 Å². The van der Waals surface area contributed by atoms with Crippen molar-refractivity contribution in [3.8, 4) is 23.8 Å². The summed E-state index contributed by atoms with van der Waals surface area (Å²) in [7, 11) is -4.26. The van der Waals surface area contributed by atoms with Crippen LogP contribution in [0.2, 0.25) is 0 Å². The van der Waals surface area contributed by atoms with Gasteiger partial charge in [-0.15, -0.1) is 6.42 Å². The standard InChI is InChI=1S/C18H18N2O5S/c1-3-10-20-16-13(4-2)14(18(21)22)11-15(26(19,23)24)17(16)25-12-8-6-5-7-9-12/h1,5-9,11,20H,4,10H2,2H3,(H,21,22)(H2,19,23,24). The number of carbonyl (C=O) groups is 1. The van der Waals surface area contributed by atoms with E-state index in [4.69, 9.17) is 16.3 Å². The van der Waals surface area contributed by atoms with Gasteiger partial charge in [-0.1, -0.05) is 31.0 Å². The molecule has 136 valence electrons. The minimum Gasteiger partial charge on any atom is -0.478 e. The summed E-state index contributed by atoms with van der Waals surface area (Å²) in [5, 5.41) is 17.6. The number of sulfonamides is 1. The van der Waals surface area contributed by atoms with Gasteiger partial charge in [-0.3, -0.25) is 0 Å². The van der Waals surface area contributed by atoms with Crippen molar-refractivity contribution in [1.29, 1.82) is 0 Å². The molecule has 0 spiro atoms. The van der Waals surface area contributed by atoms with Crippen LogP contribution < -0.4 is 15.2 Å². The van der Waals surface area contributed by atoms with Crippen molar-refractivity contribution < 1.29 is 23.1 Å². The van der Waals surface area contributed by atoms with Crippen molar-refractivity contribution in [2.75, 3.05) is 11.9 Å². The van der Waals surface area contributed by atoms with Gasteiger partial charge in [0.15, 0.2) is 5.75 Å². The fourth-order valence-electron chi connectivity index (χ4n) is 2.48. The van der Waals surface area contributed by atoms with Crippen LogP contribution in [0.25, 0.3) is 0 Å². The van der Waals surface area contributed by atoms with Gasteiger partial charge in [0.25, 0.3) is 0 Å². The van der Waals surface area contributed by atoms with Gasteiger partial charge in [0.1, 0.15) is 10.6 Å². The van der Waals surface area contributed by atoms with Crippen molar-refractivity contribution in [2.45, 2.75) is 18.2 Å². The van der Waals surface area contributed by atoms with Crippen LogP contribution in [0.15, 0.2) is 41.3 Å². The molecule has 0 unspecified atom stereocenters. The number of aromatic carboxylic acids is 1. The molecule has 0 radical (unpaired) electrons. The number of hydrogen-bond donors (Lipinski definition) is 3. The number of hydrogen-bond acceptors (Lipinski definition) is 5. The van der Waals surface area contributed by atoms with E-state index in [2.05, 4.69) is 11.2 Å². The first-order chi connectivity index (χ1) is 12.3. The zero-order valence-corrected chi connectivity index (χ0v) is 14.8. The largest absolute Gasteiger partial charge is 0.478 e. The summed E-state index contributed by atoms with van der Waals surface area (Å²) >= 11 is 0. The molecule has 0 fully saturated rings. The van der Waals surface area contributed by atoms with Gasteiger partial charge in [-0.2, -0.15) is 0 Å². The Balaban J connectivity index is 2.83. The minimum absolute atomic E-state index is 0.0469. The first-order valence-electron chi connectivity index (χ1n) is 7.65. The summed E-state index contributed by atoms with van der Waals surface area (Å²) in [4.78, 5) is 11.2. The average molecular weight is 374 g/mol. The van der Waals surface area contributed by atoms with Gasteiger partial charge in [0.2, 0.25) is 10.0 Å². The second-order valence-electron chi connectivity index (χ2n) is 5.28. The monoisotopic (exact) mass is 374 g/mol. The molecule has 0 saturated carbocycles. The minimum atomic E-state index is -4.26. The molecule has 2 aromatic rings. The highest BCUT2D eigenvalue weighted by molar-refractivity contribution is 7.89. The summed E-state index contributed by atoms with van der Waals surface area (Å²) in [5.41, 5.74) is 0.376. The Morgan fingerprint density at radius 1 is 1.35 bits per heavy atom. The maximum Gasteiger partial charge on any atom is 0.336 e. The van der Waals surface area contributed by atoms with Crippen molar-refractivity contribution in [2.24, 2.45) is 5.14 Å². The number of rotatable bonds is 7. The van der Waals surface area contributed by atoms with E-state index in [1.807, 2.05) is 0 Å². The molecule has 0 amide bonds. The Morgan fingerprint density at radius 3 is 2.50 bits per heavy atom. The van der Waals surface area contributed by atoms with Crippen LogP contribution in [0.4, 0.5) is 5.69 Å². The predicted octanol–water partition coefficient (Wildman–Crippen LogP) is 2.43. The van der Waals surface area contributed by atoms with Crippen LogP contribution >= 0.6 is 0 Å². The van der Waals surface area contributed by atoms with Crippen LogP contribution in [-0.4, -0.2) is 26.0 Å². The summed E-state index contributed by atoms with van der Waals surface area (Å²) < 4.78 is 29.9. The zero-order chi connectivity index (χ0) is 19.3. The fourth-order valence-corrected chi connectivity index (χ4v) is 3.17. The number of carboxylic acids is 1. The number of nitrogens with one attached hydrogen (secondary N) is 1. The van der Waals surface area contributed by atoms with E-state index in [1.165, 1.54) is 0 Å². The molecule has 2 rings (SSSR count). The first-order valence-corrected chi connectivity index (χ1v) is 9.20. The summed E-state index contributed by atoms with van der Waals surface area (Å²) in [6.45, 7) is 1.79. The van der Waals surface area contributed by atoms with Gasteiger partial charge >= 0.3 is 5.97 Å². The number of primary sulfonamides is 1. The van der Waals surface area contributed by atoms with Gasteiger partial charge in [-0.05, 0) is 30.2 Å². The predicted molar refractivity (Wildman–Crippen MR) is 98.0 cm³/mol. The molecule has 2 aromatic carbocycles. The third-order valence-corrected chi connectivity index (χ3v) is 4.49. The van der Waals surface area contributed by atoms with Crippen LogP contribution in [0.5, 0.6) is 11.5 Å². The Hall–Kier alpha value is -3.02. The van der Waals surface area contributed by atoms with E-state index in [-0.39, 0.29) is 23.5 Å². The summed E-state index contributed by atoms with van der Waals surface area (Å²) in [5.74, 6) is 1.37. The van der Waals surface area contributed by atoms with E-state index in [0.29, 0.717) is 17.7 Å². The lowest BCUT2D eigenvalue weighted by atomic mass is 10.0. The van der Waals surface area contributed by atoms with Gasteiger partial charge < -0.3 is 15.2 Å². The van der Waals surface area contributed by atoms with Gasteiger partial charge in [0.05, 0.1) is 17.8 Å². The Bertz CT molecular complexity index is 963. The number of terminal acetylenes is 1. The third kappa shape index (κ3) is 4.14. The highest BCUT2D eigenvalue weighted by atomic mass is 32.2. The van der Waals surface area contributed by atoms with E-state index >= 15 is 0 Å². The number of nitrogens with two attached hydrogens (primary N) is 1. The highest BCUT2D eigenvalue weighted by Gasteiger charge is 2.27. The Kier molecular flexibility index (Phi) is 5.87. The van der Waals surface area contributed by atoms with E-state index < -0.39 is 20.9 Å². The van der Waals surface area contributed by atoms with Crippen molar-refractivity contribution in [3.63, 3.8) is 0 Å². The second kappa shape index (κ2) is 7.91. The molecule has 26 heavy (non-hydrogen) atoms. The van der Waals surface area contributed by atoms with E-state index in [1.54, 1.807) is 37.3 Å². The zero-order valence-electron chi connectivity index (χ0n) is 14.0. The molecule has 0 aliphatic rings. The highest BCUT2D eigenvalue weighted by Crippen LogP contribution is 2.40. The second-order valence-corrected chi connectivity index (χ2v) is 6.81. The SMILES string of the molecule is C#CCNc1c(CC)c(C(=O)O)cc(S(N)(=O)=O)c1Oc1ccccc1. The molecule has 0 heterocycles. The lowest BCUT2D eigenvalue weighted by Crippen LogP contribution is -2.18. The topological polar surface area (TPSA) is 119 Å². The van der Waals surface area contributed by atoms with Gasteiger partial charge in [-0.25, -0.2) is 18.4 Å². The van der Waals surface area contributed by atoms with Crippen LogP contribution in [-0.2, 0) is 16.4 Å². The quantitative estimate of drug-likeness (QED) is 0.641. The Labute approximate surface area is 151 Å². The van der Waals surface area contributed by atoms with Gasteiger partial charge in [0, 0.05) is 0 Å². The molecular weight excluding hydrogens is 356 g/mol. The molecule has 0 aliphatic carbocycles. The molecule has 0 atom stereocenters. The summed E-state index contributed by atoms with van der Waals surface area (Å²) in [6.07, 6.45) is 5.59. The molecule has 4 N–H and O–H groups in total. The molecule has 0 aromatic heterocycles. The van der Waals surface area contributed by atoms with E-state index in [9.17, 15) is 18.3 Å². The molecule has 0 bridgehead atoms. The Morgan fingerprint density at radius 2 is 2.00 bits per heavy atom. The molecule has 0 saturated heterocycles. The molecule has 7 nitrogen and oxygen atoms in total. The number of benzene rings is 2. The van der Waals surface area contributed by atoms with E-state index in [0.717, 1.165) is 6.07 Å². The lowest BCUT2D eigenvalue weighted by molar-refractivity contribution is 0.0695. The molecule has 0 aliphatic heterocycles. The lowest BCUT2D eigenvalue weighted by Gasteiger charge is -2.20. The van der Waals surface area contributed by atoms with Crippen LogP contribution in [0.1, 0.15) is 22.8 Å². The molecule has 8 heteroatoms. The van der Waals surface area contributed by atoms with Crippen LogP contribution in [0.3, 0.4) is 0 Å². The number of anilines is 1. The average Bonchev–Trinajstić information content (AvgIpc) is 2.59. The van der Waals surface area contributed by atoms with Crippen LogP contribution in [0, 0.1) is 12.3 Å². The first kappa shape index (κ1) is 19.3. The fraction of sp³-hybridized carbons (Fsp3) is 0.167. The number of carboxylic acid groups (broad SMARTS) is 1. The number of ether oxygens (including phenoxy) is 1. The molecular formula is C18H18N2O5S. The maximum absolute atomic E-state index is 12.1. The number of para-hydroxylation sites is 1. The maximum atomic E-state index is 12.1.